The highest BCUT2D eigenvalue weighted by molar-refractivity contribution is 6.13. The van der Waals surface area contributed by atoms with Crippen molar-refractivity contribution >= 4 is 27.3 Å². The van der Waals surface area contributed by atoms with Gasteiger partial charge in [0.15, 0.2) is 0 Å². The summed E-state index contributed by atoms with van der Waals surface area (Å²) < 4.78 is 16.2. The van der Waals surface area contributed by atoms with Gasteiger partial charge in [0.05, 0.1) is 11.1 Å². The van der Waals surface area contributed by atoms with Crippen molar-refractivity contribution in [2.45, 2.75) is 19.4 Å². The second-order valence-electron chi connectivity index (χ2n) is 6.40. The molecule has 0 atom stereocenters. The van der Waals surface area contributed by atoms with E-state index in [0.29, 0.717) is 0 Å². The van der Waals surface area contributed by atoms with Crippen molar-refractivity contribution in [3.8, 4) is 0 Å². The number of pyridine rings is 1. The quantitative estimate of drug-likeness (QED) is 0.395. The highest BCUT2D eigenvalue weighted by atomic mass is 19.2. The average molecular weight is 307 g/mol. The van der Waals surface area contributed by atoms with Crippen molar-refractivity contribution in [3.63, 3.8) is 0 Å². The summed E-state index contributed by atoms with van der Waals surface area (Å²) in [6.07, 6.45) is 3.75. The summed E-state index contributed by atoms with van der Waals surface area (Å²) in [6, 6.07) is 14.3. The summed E-state index contributed by atoms with van der Waals surface area (Å²) in [7, 11) is 1.46. The Bertz CT molecular complexity index is 1030. The predicted octanol–water partition coefficient (Wildman–Crippen LogP) is 4.69. The molecule has 4 rings (SSSR count). The molecule has 0 saturated heterocycles. The van der Waals surface area contributed by atoms with Gasteiger partial charge in [0.25, 0.3) is 0 Å². The molecule has 116 valence electrons. The Morgan fingerprint density at radius 2 is 1.78 bits per heavy atom. The number of hydrogen-bond donors (Lipinski definition) is 0. The molecule has 0 radical (unpaired) electrons. The van der Waals surface area contributed by atoms with Crippen LogP contribution in [0.4, 0.5) is 4.48 Å². The van der Waals surface area contributed by atoms with Crippen molar-refractivity contribution in [1.82, 2.24) is 14.5 Å². The van der Waals surface area contributed by atoms with E-state index in [4.69, 9.17) is 0 Å². The third kappa shape index (κ3) is 1.88. The van der Waals surface area contributed by atoms with Crippen molar-refractivity contribution in [2.75, 3.05) is 7.05 Å². The Balaban J connectivity index is 2.29. The van der Waals surface area contributed by atoms with E-state index in [0.717, 1.165) is 38.0 Å². The SMILES string of the molecule is CN(F)C(C)(C)c1cccc2c3ccccc3n3ccnc3c12. The standard InChI is InChI=1S/C19H18FN3/c1-19(2,22(3)20)15-9-6-8-14-13-7-4-5-10-16(13)23-12-11-21-18(23)17(14)15/h4-12H,1-3H3. The largest absolute Gasteiger partial charge is 0.299 e. The van der Waals surface area contributed by atoms with Gasteiger partial charge in [0.2, 0.25) is 0 Å². The number of fused-ring (bicyclic) bond motifs is 6. The Morgan fingerprint density at radius 1 is 1.04 bits per heavy atom. The molecule has 0 aliphatic heterocycles. The van der Waals surface area contributed by atoms with Crippen LogP contribution in [-0.2, 0) is 5.54 Å². The highest BCUT2D eigenvalue weighted by Crippen LogP contribution is 2.37. The van der Waals surface area contributed by atoms with E-state index < -0.39 is 5.54 Å². The fraction of sp³-hybridized carbons (Fsp3) is 0.211. The molecule has 2 heterocycles. The molecule has 4 aromatic rings. The maximum absolute atomic E-state index is 14.1. The van der Waals surface area contributed by atoms with Gasteiger partial charge in [-0.15, -0.1) is 9.60 Å². The minimum atomic E-state index is -0.742. The number of aromatic nitrogens is 2. The van der Waals surface area contributed by atoms with Crippen LogP contribution in [-0.4, -0.2) is 21.6 Å². The molecule has 0 fully saturated rings. The fourth-order valence-corrected chi connectivity index (χ4v) is 3.29. The lowest BCUT2D eigenvalue weighted by molar-refractivity contribution is -0.0432. The lowest BCUT2D eigenvalue weighted by atomic mass is 9.89. The molecule has 0 saturated carbocycles. The van der Waals surface area contributed by atoms with Crippen molar-refractivity contribution in [3.05, 3.63) is 60.4 Å². The number of nitrogens with zero attached hydrogens (tertiary/aromatic N) is 3. The third-order valence-corrected chi connectivity index (χ3v) is 4.81. The lowest BCUT2D eigenvalue weighted by Gasteiger charge is -2.30. The van der Waals surface area contributed by atoms with Gasteiger partial charge in [-0.2, -0.15) is 0 Å². The summed E-state index contributed by atoms with van der Waals surface area (Å²) in [5.74, 6) is 0. The maximum atomic E-state index is 14.1. The topological polar surface area (TPSA) is 20.5 Å². The highest BCUT2D eigenvalue weighted by Gasteiger charge is 2.29. The first-order valence-electron chi connectivity index (χ1n) is 7.68. The molecule has 0 aliphatic rings. The number of imidazole rings is 1. The van der Waals surface area contributed by atoms with Crippen LogP contribution in [0.5, 0.6) is 0 Å². The van der Waals surface area contributed by atoms with Gasteiger partial charge >= 0.3 is 0 Å². The van der Waals surface area contributed by atoms with Gasteiger partial charge in [-0.05, 0) is 30.9 Å². The molecule has 4 heteroatoms. The zero-order valence-corrected chi connectivity index (χ0v) is 13.4. The van der Waals surface area contributed by atoms with Crippen LogP contribution in [0.15, 0.2) is 54.9 Å². The van der Waals surface area contributed by atoms with Gasteiger partial charge in [-0.25, -0.2) is 4.98 Å². The second kappa shape index (κ2) is 4.77. The van der Waals surface area contributed by atoms with E-state index >= 15 is 0 Å². The predicted molar refractivity (Wildman–Crippen MR) is 92.1 cm³/mol. The molecule has 0 spiro atoms. The normalized spacial score (nSPS) is 12.7. The van der Waals surface area contributed by atoms with Crippen LogP contribution in [0.25, 0.3) is 27.3 Å². The Labute approximate surface area is 133 Å². The van der Waals surface area contributed by atoms with Gasteiger partial charge < -0.3 is 0 Å². The third-order valence-electron chi connectivity index (χ3n) is 4.81. The van der Waals surface area contributed by atoms with Gasteiger partial charge in [0.1, 0.15) is 5.65 Å². The first-order chi connectivity index (χ1) is 11.0. The molecular weight excluding hydrogens is 289 g/mol. The van der Waals surface area contributed by atoms with Crippen LogP contribution < -0.4 is 0 Å². The van der Waals surface area contributed by atoms with Gasteiger partial charge in [-0.1, -0.05) is 36.4 Å². The van der Waals surface area contributed by atoms with E-state index in [9.17, 15) is 4.48 Å². The number of para-hydroxylation sites is 1. The van der Waals surface area contributed by atoms with Crippen LogP contribution in [0.3, 0.4) is 0 Å². The molecule has 3 nitrogen and oxygen atoms in total. The summed E-state index contributed by atoms with van der Waals surface area (Å²) in [5.41, 5.74) is 2.16. The molecule has 0 unspecified atom stereocenters. The molecule has 2 aromatic heterocycles. The summed E-state index contributed by atoms with van der Waals surface area (Å²) >= 11 is 0. The molecule has 0 bridgehead atoms. The van der Waals surface area contributed by atoms with Crippen molar-refractivity contribution in [2.24, 2.45) is 0 Å². The van der Waals surface area contributed by atoms with Crippen LogP contribution in [0.1, 0.15) is 19.4 Å². The molecule has 0 amide bonds. The van der Waals surface area contributed by atoms with Crippen LogP contribution in [0.2, 0.25) is 0 Å². The zero-order chi connectivity index (χ0) is 16.2. The lowest BCUT2D eigenvalue weighted by Crippen LogP contribution is -2.32. The number of hydrogen-bond acceptors (Lipinski definition) is 2. The van der Waals surface area contributed by atoms with Gasteiger partial charge in [-0.3, -0.25) is 4.40 Å². The summed E-state index contributed by atoms with van der Waals surface area (Å²) in [5, 5.41) is 4.01. The van der Waals surface area contributed by atoms with Crippen LogP contribution >= 0.6 is 0 Å². The first kappa shape index (κ1) is 14.2. The second-order valence-corrected chi connectivity index (χ2v) is 6.40. The number of benzene rings is 2. The van der Waals surface area contributed by atoms with Crippen LogP contribution in [0, 0.1) is 0 Å². The molecule has 23 heavy (non-hydrogen) atoms. The smallest absolute Gasteiger partial charge is 0.145 e. The van der Waals surface area contributed by atoms with E-state index in [1.165, 1.54) is 7.05 Å². The molecule has 0 N–H and O–H groups in total. The zero-order valence-electron chi connectivity index (χ0n) is 13.4. The molecule has 0 aliphatic carbocycles. The van der Waals surface area contributed by atoms with E-state index in [2.05, 4.69) is 27.6 Å². The molecular formula is C19H18FN3. The molecule has 2 aromatic carbocycles. The first-order valence-corrected chi connectivity index (χ1v) is 7.68. The number of halogens is 1. The monoisotopic (exact) mass is 307 g/mol. The van der Waals surface area contributed by atoms with Gasteiger partial charge in [0, 0.05) is 30.2 Å². The van der Waals surface area contributed by atoms with E-state index in [1.54, 1.807) is 6.20 Å². The van der Waals surface area contributed by atoms with E-state index in [-0.39, 0.29) is 0 Å². The number of rotatable bonds is 2. The van der Waals surface area contributed by atoms with E-state index in [1.807, 2.05) is 44.3 Å². The Kier molecular flexibility index (Phi) is 2.93. The minimum absolute atomic E-state index is 0.742. The minimum Gasteiger partial charge on any atom is -0.299 e. The van der Waals surface area contributed by atoms with Crippen molar-refractivity contribution in [1.29, 1.82) is 0 Å². The Hall–Kier alpha value is -2.46. The Morgan fingerprint density at radius 3 is 2.57 bits per heavy atom. The maximum Gasteiger partial charge on any atom is 0.145 e. The fourth-order valence-electron chi connectivity index (χ4n) is 3.29. The average Bonchev–Trinajstić information content (AvgIpc) is 3.04. The summed E-state index contributed by atoms with van der Waals surface area (Å²) in [6.45, 7) is 3.77. The van der Waals surface area contributed by atoms with Crippen molar-refractivity contribution < 1.29 is 4.48 Å². The summed E-state index contributed by atoms with van der Waals surface area (Å²) in [4.78, 5) is 4.55.